The first-order valence-corrected chi connectivity index (χ1v) is 10.5. The van der Waals surface area contributed by atoms with Gasteiger partial charge >= 0.3 is 5.97 Å². The number of ether oxygens (including phenoxy) is 2. The molecule has 5 nitrogen and oxygen atoms in total. The molecule has 2 aromatic carbocycles. The summed E-state index contributed by atoms with van der Waals surface area (Å²) in [5.41, 5.74) is 1.96. The van der Waals surface area contributed by atoms with E-state index in [-0.39, 0.29) is 18.6 Å². The van der Waals surface area contributed by atoms with Gasteiger partial charge in [-0.05, 0) is 55.0 Å². The Balaban J connectivity index is 1.77. The smallest absolute Gasteiger partial charge is 0.339 e. The van der Waals surface area contributed by atoms with Crippen molar-refractivity contribution in [2.24, 2.45) is 0 Å². The molecule has 0 aromatic heterocycles. The van der Waals surface area contributed by atoms with Crippen LogP contribution in [-0.2, 0) is 14.3 Å². The molecule has 1 heterocycles. The monoisotopic (exact) mass is 407 g/mol. The van der Waals surface area contributed by atoms with Gasteiger partial charge in [-0.2, -0.15) is 0 Å². The first-order chi connectivity index (χ1) is 14.6. The molecule has 1 atom stereocenters. The van der Waals surface area contributed by atoms with E-state index < -0.39 is 5.97 Å². The lowest BCUT2D eigenvalue weighted by Crippen LogP contribution is -2.45. The predicted octanol–water partition coefficient (Wildman–Crippen LogP) is 4.57. The van der Waals surface area contributed by atoms with E-state index >= 15 is 0 Å². The normalized spacial score (nSPS) is 16.8. The second kappa shape index (κ2) is 10.6. The maximum absolute atomic E-state index is 12.9. The molecule has 1 fully saturated rings. The summed E-state index contributed by atoms with van der Waals surface area (Å²) in [4.78, 5) is 27.5. The molecule has 158 valence electrons. The average molecular weight is 408 g/mol. The van der Waals surface area contributed by atoms with Crippen LogP contribution in [0, 0.1) is 0 Å². The van der Waals surface area contributed by atoms with Crippen molar-refractivity contribution < 1.29 is 19.1 Å². The van der Waals surface area contributed by atoms with Crippen molar-refractivity contribution in [1.29, 1.82) is 0 Å². The van der Waals surface area contributed by atoms with Gasteiger partial charge in [-0.25, -0.2) is 4.79 Å². The van der Waals surface area contributed by atoms with Crippen molar-refractivity contribution in [2.75, 3.05) is 20.3 Å². The Morgan fingerprint density at radius 3 is 2.63 bits per heavy atom. The Bertz CT molecular complexity index is 891. The molecular weight excluding hydrogens is 378 g/mol. The third-order valence-corrected chi connectivity index (χ3v) is 5.45. The SMILES string of the molecule is CC[C@H]1CCCCN1C(=O)COC(=O)/C(=C\c1cccc(OC)c1)c1ccccc1. The molecule has 0 aliphatic carbocycles. The summed E-state index contributed by atoms with van der Waals surface area (Å²) in [6.45, 7) is 2.59. The number of rotatable bonds is 7. The van der Waals surface area contributed by atoms with Crippen molar-refractivity contribution >= 4 is 23.5 Å². The van der Waals surface area contributed by atoms with Crippen LogP contribution < -0.4 is 4.74 Å². The Kier molecular flexibility index (Phi) is 7.66. The summed E-state index contributed by atoms with van der Waals surface area (Å²) in [6, 6.07) is 17.0. The molecule has 1 aliphatic heterocycles. The molecule has 1 amide bonds. The third-order valence-electron chi connectivity index (χ3n) is 5.45. The van der Waals surface area contributed by atoms with Gasteiger partial charge in [0.2, 0.25) is 0 Å². The van der Waals surface area contributed by atoms with Gasteiger partial charge < -0.3 is 14.4 Å². The number of hydrogen-bond donors (Lipinski definition) is 0. The van der Waals surface area contributed by atoms with Crippen LogP contribution >= 0.6 is 0 Å². The van der Waals surface area contributed by atoms with Gasteiger partial charge in [0.25, 0.3) is 5.91 Å². The fraction of sp³-hybridized carbons (Fsp3) is 0.360. The van der Waals surface area contributed by atoms with Crippen LogP contribution in [0.15, 0.2) is 54.6 Å². The zero-order chi connectivity index (χ0) is 21.3. The molecule has 0 saturated carbocycles. The lowest BCUT2D eigenvalue weighted by molar-refractivity contribution is -0.149. The number of piperidine rings is 1. The van der Waals surface area contributed by atoms with E-state index in [1.54, 1.807) is 13.2 Å². The summed E-state index contributed by atoms with van der Waals surface area (Å²) < 4.78 is 10.7. The number of carbonyl (C=O) groups is 2. The van der Waals surface area contributed by atoms with Gasteiger partial charge in [-0.1, -0.05) is 49.4 Å². The van der Waals surface area contributed by atoms with Crippen LogP contribution in [0.3, 0.4) is 0 Å². The van der Waals surface area contributed by atoms with Crippen LogP contribution in [0.2, 0.25) is 0 Å². The van der Waals surface area contributed by atoms with Gasteiger partial charge in [-0.15, -0.1) is 0 Å². The Morgan fingerprint density at radius 2 is 1.90 bits per heavy atom. The molecular formula is C25H29NO4. The molecule has 0 bridgehead atoms. The molecule has 0 N–H and O–H groups in total. The van der Waals surface area contributed by atoms with Crippen LogP contribution in [0.25, 0.3) is 11.6 Å². The van der Waals surface area contributed by atoms with Gasteiger partial charge in [-0.3, -0.25) is 4.79 Å². The largest absolute Gasteiger partial charge is 0.497 e. The minimum Gasteiger partial charge on any atom is -0.497 e. The first-order valence-electron chi connectivity index (χ1n) is 10.5. The number of amides is 1. The first kappa shape index (κ1) is 21.6. The van der Waals surface area contributed by atoms with Gasteiger partial charge in [0, 0.05) is 12.6 Å². The maximum atomic E-state index is 12.9. The van der Waals surface area contributed by atoms with Crippen LogP contribution in [0.5, 0.6) is 5.75 Å². The number of nitrogens with zero attached hydrogens (tertiary/aromatic N) is 1. The van der Waals surface area contributed by atoms with Crippen LogP contribution in [0.4, 0.5) is 0 Å². The molecule has 1 saturated heterocycles. The summed E-state index contributed by atoms with van der Waals surface area (Å²) in [6.07, 6.45) is 5.84. The van der Waals surface area contributed by atoms with E-state index in [1.165, 1.54) is 0 Å². The van der Waals surface area contributed by atoms with E-state index in [2.05, 4.69) is 6.92 Å². The quantitative estimate of drug-likeness (QED) is 0.383. The van der Waals surface area contributed by atoms with Crippen molar-refractivity contribution in [1.82, 2.24) is 4.90 Å². The fourth-order valence-electron chi connectivity index (χ4n) is 3.82. The predicted molar refractivity (Wildman–Crippen MR) is 118 cm³/mol. The van der Waals surface area contributed by atoms with Crippen molar-refractivity contribution in [3.63, 3.8) is 0 Å². The molecule has 30 heavy (non-hydrogen) atoms. The topological polar surface area (TPSA) is 55.8 Å². The summed E-state index contributed by atoms with van der Waals surface area (Å²) in [7, 11) is 1.60. The van der Waals surface area contributed by atoms with Crippen LogP contribution in [0.1, 0.15) is 43.7 Å². The third kappa shape index (κ3) is 5.50. The second-order valence-corrected chi connectivity index (χ2v) is 7.42. The van der Waals surface area contributed by atoms with E-state index in [9.17, 15) is 9.59 Å². The highest BCUT2D eigenvalue weighted by atomic mass is 16.5. The number of benzene rings is 2. The van der Waals surface area contributed by atoms with Crippen molar-refractivity contribution in [2.45, 2.75) is 38.6 Å². The number of likely N-dealkylation sites (tertiary alicyclic amines) is 1. The highest BCUT2D eigenvalue weighted by Gasteiger charge is 2.26. The van der Waals surface area contributed by atoms with E-state index in [4.69, 9.17) is 9.47 Å². The zero-order valence-corrected chi connectivity index (χ0v) is 17.7. The molecule has 3 rings (SSSR count). The van der Waals surface area contributed by atoms with Gasteiger partial charge in [0.05, 0.1) is 12.7 Å². The highest BCUT2D eigenvalue weighted by Crippen LogP contribution is 2.23. The maximum Gasteiger partial charge on any atom is 0.339 e. The number of hydrogen-bond acceptors (Lipinski definition) is 4. The molecule has 0 unspecified atom stereocenters. The molecule has 2 aromatic rings. The van der Waals surface area contributed by atoms with E-state index in [0.717, 1.165) is 43.4 Å². The minimum absolute atomic E-state index is 0.122. The zero-order valence-electron chi connectivity index (χ0n) is 17.7. The van der Waals surface area contributed by atoms with E-state index in [0.29, 0.717) is 11.3 Å². The summed E-state index contributed by atoms with van der Waals surface area (Å²) in [5.74, 6) is 0.0709. The Labute approximate surface area is 178 Å². The summed E-state index contributed by atoms with van der Waals surface area (Å²) >= 11 is 0. The number of esters is 1. The number of carbonyl (C=O) groups excluding carboxylic acids is 2. The molecule has 0 radical (unpaired) electrons. The summed E-state index contributed by atoms with van der Waals surface area (Å²) in [5, 5.41) is 0. The van der Waals surface area contributed by atoms with Crippen molar-refractivity contribution in [3.05, 3.63) is 65.7 Å². The average Bonchev–Trinajstić information content (AvgIpc) is 2.81. The lowest BCUT2D eigenvalue weighted by Gasteiger charge is -2.35. The standard InChI is InChI=1S/C25H29NO4/c1-3-21-13-7-8-15-26(21)24(27)18-30-25(28)23(20-11-5-4-6-12-20)17-19-10-9-14-22(16-19)29-2/h4-6,9-12,14,16-17,21H,3,7-8,13,15,18H2,1-2H3/b23-17-/t21-/m0/s1. The van der Waals surface area contributed by atoms with Crippen LogP contribution in [-0.4, -0.2) is 43.1 Å². The van der Waals surface area contributed by atoms with Gasteiger partial charge in [0.1, 0.15) is 5.75 Å². The number of methoxy groups -OCH3 is 1. The molecule has 0 spiro atoms. The van der Waals surface area contributed by atoms with Crippen molar-refractivity contribution in [3.8, 4) is 5.75 Å². The van der Waals surface area contributed by atoms with E-state index in [1.807, 2.05) is 59.5 Å². The molecule has 1 aliphatic rings. The lowest BCUT2D eigenvalue weighted by atomic mass is 10.00. The Hall–Kier alpha value is -3.08. The second-order valence-electron chi connectivity index (χ2n) is 7.42. The minimum atomic E-state index is -0.512. The molecule has 5 heteroatoms. The Morgan fingerprint density at radius 1 is 1.10 bits per heavy atom. The van der Waals surface area contributed by atoms with Gasteiger partial charge in [0.15, 0.2) is 6.61 Å². The highest BCUT2D eigenvalue weighted by molar-refractivity contribution is 6.21. The fourth-order valence-corrected chi connectivity index (χ4v) is 3.82.